The molecule has 14 heavy (non-hydrogen) atoms. The van der Waals surface area contributed by atoms with E-state index in [1.165, 1.54) is 0 Å². The number of alkyl halides is 3. The smallest absolute Gasteiger partial charge is 1.00 e. The number of rotatable bonds is 0. The Hall–Kier alpha value is 0.256. The SMILES string of the molecule is Cc1[c-]c(C)cc(C(F)(F)F)c1.[Br-].[Mg+2]. The molecule has 74 valence electrons. The van der Waals surface area contributed by atoms with Crippen molar-refractivity contribution in [2.24, 2.45) is 0 Å². The van der Waals surface area contributed by atoms with Gasteiger partial charge in [0, 0.05) is 0 Å². The van der Waals surface area contributed by atoms with Crippen LogP contribution in [0.25, 0.3) is 0 Å². The molecule has 1 aromatic carbocycles. The van der Waals surface area contributed by atoms with Gasteiger partial charge in [0.05, 0.1) is 0 Å². The molecule has 0 spiro atoms. The van der Waals surface area contributed by atoms with Gasteiger partial charge >= 0.3 is 29.2 Å². The fourth-order valence-electron chi connectivity index (χ4n) is 1.06. The van der Waals surface area contributed by atoms with E-state index in [0.29, 0.717) is 11.1 Å². The van der Waals surface area contributed by atoms with Gasteiger partial charge in [0.2, 0.25) is 0 Å². The van der Waals surface area contributed by atoms with Crippen LogP contribution in [-0.2, 0) is 6.18 Å². The number of aryl methyl sites for hydroxylation is 2. The third kappa shape index (κ3) is 4.66. The molecule has 0 saturated carbocycles. The first kappa shape index (κ1) is 16.7. The molecule has 0 N–H and O–H groups in total. The van der Waals surface area contributed by atoms with Crippen LogP contribution in [0.15, 0.2) is 12.1 Å². The largest absolute Gasteiger partial charge is 2.00 e. The van der Waals surface area contributed by atoms with Crippen molar-refractivity contribution in [1.29, 1.82) is 0 Å². The molecule has 1 rings (SSSR count). The second-order valence-corrected chi connectivity index (χ2v) is 2.73. The van der Waals surface area contributed by atoms with Crippen LogP contribution >= 0.6 is 0 Å². The zero-order chi connectivity index (χ0) is 9.35. The van der Waals surface area contributed by atoms with E-state index in [9.17, 15) is 13.2 Å². The maximum Gasteiger partial charge on any atom is 2.00 e. The molecular formula is C9H8BrF3Mg. The summed E-state index contributed by atoms with van der Waals surface area (Å²) in [6.07, 6.45) is -4.25. The summed E-state index contributed by atoms with van der Waals surface area (Å²) in [6, 6.07) is 4.96. The van der Waals surface area contributed by atoms with Crippen molar-refractivity contribution in [2.75, 3.05) is 0 Å². The van der Waals surface area contributed by atoms with Gasteiger partial charge in [-0.1, -0.05) is 19.4 Å². The zero-order valence-corrected chi connectivity index (χ0v) is 10.9. The van der Waals surface area contributed by atoms with E-state index in [-0.39, 0.29) is 40.0 Å². The minimum Gasteiger partial charge on any atom is -1.00 e. The molecule has 0 fully saturated rings. The van der Waals surface area contributed by atoms with Gasteiger partial charge in [0.1, 0.15) is 0 Å². The quantitative estimate of drug-likeness (QED) is 0.453. The van der Waals surface area contributed by atoms with Crippen LogP contribution in [-0.4, -0.2) is 23.1 Å². The predicted molar refractivity (Wildman–Crippen MR) is 45.5 cm³/mol. The van der Waals surface area contributed by atoms with Gasteiger partial charge in [-0.05, 0) is 0 Å². The summed E-state index contributed by atoms with van der Waals surface area (Å²) in [5.74, 6) is 0. The van der Waals surface area contributed by atoms with Gasteiger partial charge in [-0.15, -0.1) is 0 Å². The first-order valence-corrected chi connectivity index (χ1v) is 3.47. The Labute approximate surface area is 108 Å². The normalized spacial score (nSPS) is 10.1. The molecule has 0 atom stereocenters. The van der Waals surface area contributed by atoms with Crippen molar-refractivity contribution >= 4 is 23.1 Å². The average molecular weight is 277 g/mol. The summed E-state index contributed by atoms with van der Waals surface area (Å²) in [6.45, 7) is 3.20. The van der Waals surface area contributed by atoms with E-state index < -0.39 is 11.7 Å². The van der Waals surface area contributed by atoms with Crippen LogP contribution in [0.5, 0.6) is 0 Å². The van der Waals surface area contributed by atoms with Crippen LogP contribution in [0.4, 0.5) is 13.2 Å². The van der Waals surface area contributed by atoms with Gasteiger partial charge in [-0.25, -0.2) is 0 Å². The molecular weight excluding hydrogens is 269 g/mol. The molecule has 0 aliphatic rings. The number of hydrogen-bond acceptors (Lipinski definition) is 0. The Kier molecular flexibility index (Phi) is 7.12. The Morgan fingerprint density at radius 1 is 1.07 bits per heavy atom. The first-order valence-electron chi connectivity index (χ1n) is 3.47. The molecule has 5 heteroatoms. The summed E-state index contributed by atoms with van der Waals surface area (Å²) in [4.78, 5) is 0. The fourth-order valence-corrected chi connectivity index (χ4v) is 1.06. The van der Waals surface area contributed by atoms with Crippen LogP contribution in [0, 0.1) is 19.9 Å². The molecule has 0 aliphatic heterocycles. The van der Waals surface area contributed by atoms with E-state index in [1.54, 1.807) is 13.8 Å². The maximum atomic E-state index is 12.1. The topological polar surface area (TPSA) is 0 Å². The zero-order valence-electron chi connectivity index (χ0n) is 7.87. The summed E-state index contributed by atoms with van der Waals surface area (Å²) >= 11 is 0. The van der Waals surface area contributed by atoms with E-state index >= 15 is 0 Å². The summed E-state index contributed by atoms with van der Waals surface area (Å²) < 4.78 is 36.4. The standard InChI is InChI=1S/C9H8F3.BrH.Mg/c1-6-3-7(2)5-8(4-6)9(10,11)12;;/h4-5H,1-2H3;1H;/q-1;;+2/p-1. The average Bonchev–Trinajstić information content (AvgIpc) is 1.82. The van der Waals surface area contributed by atoms with Crippen LogP contribution < -0.4 is 17.0 Å². The van der Waals surface area contributed by atoms with Gasteiger partial charge in [-0.3, -0.25) is 0 Å². The molecule has 0 aromatic heterocycles. The third-order valence-electron chi connectivity index (χ3n) is 1.47. The molecule has 0 aliphatic carbocycles. The molecule has 0 amide bonds. The van der Waals surface area contributed by atoms with Crippen molar-refractivity contribution in [2.45, 2.75) is 20.0 Å². The second kappa shape index (κ2) is 5.97. The van der Waals surface area contributed by atoms with E-state index in [1.807, 2.05) is 0 Å². The number of halogens is 4. The number of hydrogen-bond donors (Lipinski definition) is 0. The second-order valence-electron chi connectivity index (χ2n) is 2.73. The Morgan fingerprint density at radius 2 is 1.43 bits per heavy atom. The monoisotopic (exact) mass is 276 g/mol. The fraction of sp³-hybridized carbons (Fsp3) is 0.333. The summed E-state index contributed by atoms with van der Waals surface area (Å²) in [7, 11) is 0. The molecule has 0 radical (unpaired) electrons. The predicted octanol–water partition coefficient (Wildman–Crippen LogP) is -0.254. The van der Waals surface area contributed by atoms with E-state index in [2.05, 4.69) is 6.07 Å². The first-order chi connectivity index (χ1) is 5.39. The molecule has 0 unspecified atom stereocenters. The minimum atomic E-state index is -4.25. The Bertz CT molecular complexity index is 276. The van der Waals surface area contributed by atoms with Crippen molar-refractivity contribution in [3.63, 3.8) is 0 Å². The molecule has 1 aromatic rings. The Morgan fingerprint density at radius 3 is 1.71 bits per heavy atom. The van der Waals surface area contributed by atoms with Crippen molar-refractivity contribution < 1.29 is 30.2 Å². The summed E-state index contributed by atoms with van der Waals surface area (Å²) in [5, 5.41) is 0. The number of benzene rings is 1. The Balaban J connectivity index is 0. The van der Waals surface area contributed by atoms with E-state index in [4.69, 9.17) is 0 Å². The van der Waals surface area contributed by atoms with Gasteiger partial charge in [-0.2, -0.15) is 42.5 Å². The molecule has 0 saturated heterocycles. The van der Waals surface area contributed by atoms with Crippen LogP contribution in [0.2, 0.25) is 0 Å². The van der Waals surface area contributed by atoms with Crippen molar-refractivity contribution in [3.05, 3.63) is 34.9 Å². The van der Waals surface area contributed by atoms with Gasteiger partial charge in [0.15, 0.2) is 0 Å². The van der Waals surface area contributed by atoms with Gasteiger partial charge in [0.25, 0.3) is 0 Å². The third-order valence-corrected chi connectivity index (χ3v) is 1.47. The van der Waals surface area contributed by atoms with Crippen LogP contribution in [0.1, 0.15) is 16.7 Å². The maximum absolute atomic E-state index is 12.1. The molecule has 0 bridgehead atoms. The van der Waals surface area contributed by atoms with Crippen LogP contribution in [0.3, 0.4) is 0 Å². The van der Waals surface area contributed by atoms with Gasteiger partial charge < -0.3 is 17.0 Å². The van der Waals surface area contributed by atoms with Crippen molar-refractivity contribution in [3.8, 4) is 0 Å². The molecule has 0 heterocycles. The van der Waals surface area contributed by atoms with Crippen molar-refractivity contribution in [1.82, 2.24) is 0 Å². The summed E-state index contributed by atoms with van der Waals surface area (Å²) in [5.41, 5.74) is 0.431. The minimum absolute atomic E-state index is 0. The molecule has 0 nitrogen and oxygen atoms in total. The van der Waals surface area contributed by atoms with E-state index in [0.717, 1.165) is 12.1 Å².